The summed E-state index contributed by atoms with van der Waals surface area (Å²) in [5.41, 5.74) is 0.150. The van der Waals surface area contributed by atoms with E-state index in [4.69, 9.17) is 14.2 Å². The van der Waals surface area contributed by atoms with Gasteiger partial charge in [-0.2, -0.15) is 0 Å². The zero-order valence-electron chi connectivity index (χ0n) is 34.1. The molecule has 0 aromatic carbocycles. The third-order valence-corrected chi connectivity index (χ3v) is 10.8. The third kappa shape index (κ3) is 18.0. The standard InChI is InChI=1S/C45H62N2O6S2/c1-10-12-29-44(4,5)38(48)26-21-19-23-34(3)24-20-22-28-40-46-37(33-54-40)43(50)53-39(45(6,7)30-13-11-2)27-18-16-14-15-17-25-35(51-8)31-41-47-36(32-55-41)42(49)52-9/h10-22,24-25,28,32-35,38-39,48H,23,26-27,29-31H2,1-9H3/b12-10+,13-11+,15-14-,18-16-,21-19-,24-20+,25-17+,28-22-/t34-,35+,38+,39+/m1/s1. The van der Waals surface area contributed by atoms with Gasteiger partial charge in [-0.15, -0.1) is 22.7 Å². The number of allylic oxidation sites excluding steroid dienone is 12. The van der Waals surface area contributed by atoms with Crippen molar-refractivity contribution in [3.63, 3.8) is 0 Å². The largest absolute Gasteiger partial charge is 0.464 e. The predicted octanol–water partition coefficient (Wildman–Crippen LogP) is 11.1. The average molecular weight is 791 g/mol. The van der Waals surface area contributed by atoms with E-state index in [1.807, 2.05) is 80.7 Å². The Morgan fingerprint density at radius 2 is 1.40 bits per heavy atom. The van der Waals surface area contributed by atoms with Crippen molar-refractivity contribution in [1.82, 2.24) is 9.97 Å². The van der Waals surface area contributed by atoms with E-state index in [-0.39, 0.29) is 29.1 Å². The molecule has 2 aromatic heterocycles. The van der Waals surface area contributed by atoms with Gasteiger partial charge in [-0.25, -0.2) is 19.6 Å². The van der Waals surface area contributed by atoms with Crippen molar-refractivity contribution in [1.29, 1.82) is 0 Å². The molecule has 2 heterocycles. The molecule has 0 unspecified atom stereocenters. The van der Waals surface area contributed by atoms with E-state index in [1.165, 1.54) is 29.8 Å². The Balaban J connectivity index is 1.93. The summed E-state index contributed by atoms with van der Waals surface area (Å²) in [6.45, 7) is 14.5. The maximum absolute atomic E-state index is 13.3. The number of aliphatic hydroxyl groups excluding tert-OH is 1. The van der Waals surface area contributed by atoms with Gasteiger partial charge in [-0.1, -0.05) is 126 Å². The van der Waals surface area contributed by atoms with E-state index in [0.717, 1.165) is 29.3 Å². The number of aromatic nitrogens is 2. The molecule has 0 saturated heterocycles. The number of carbonyl (C=O) groups excluding carboxylic acids is 2. The molecule has 0 bridgehead atoms. The zero-order chi connectivity index (χ0) is 40.7. The van der Waals surface area contributed by atoms with Gasteiger partial charge in [0.1, 0.15) is 11.1 Å². The fourth-order valence-corrected chi connectivity index (χ4v) is 6.71. The first kappa shape index (κ1) is 47.2. The summed E-state index contributed by atoms with van der Waals surface area (Å²) >= 11 is 2.80. The Bertz CT molecular complexity index is 1690. The second-order valence-electron chi connectivity index (χ2n) is 14.7. The van der Waals surface area contributed by atoms with Gasteiger partial charge >= 0.3 is 11.9 Å². The molecule has 8 nitrogen and oxygen atoms in total. The minimum absolute atomic E-state index is 0.152. The molecule has 0 aliphatic carbocycles. The molecule has 300 valence electrons. The number of ether oxygens (including phenoxy) is 3. The lowest BCUT2D eigenvalue weighted by atomic mass is 9.81. The van der Waals surface area contributed by atoms with Crippen LogP contribution in [0.3, 0.4) is 0 Å². The van der Waals surface area contributed by atoms with Gasteiger partial charge < -0.3 is 19.3 Å². The molecule has 2 rings (SSSR count). The number of hydrogen-bond donors (Lipinski definition) is 1. The van der Waals surface area contributed by atoms with Crippen molar-refractivity contribution in [3.8, 4) is 0 Å². The third-order valence-electron chi connectivity index (χ3n) is 9.11. The fourth-order valence-electron chi connectivity index (χ4n) is 5.21. The second kappa shape index (κ2) is 25.2. The van der Waals surface area contributed by atoms with Crippen LogP contribution in [0.25, 0.3) is 6.08 Å². The summed E-state index contributed by atoms with van der Waals surface area (Å²) in [5, 5.41) is 15.5. The number of thiazole rings is 2. The number of hydrogen-bond acceptors (Lipinski definition) is 10. The van der Waals surface area contributed by atoms with Gasteiger partial charge in [-0.05, 0) is 56.9 Å². The molecular formula is C45H62N2O6S2. The lowest BCUT2D eigenvalue weighted by Gasteiger charge is -2.32. The van der Waals surface area contributed by atoms with Gasteiger partial charge in [0.2, 0.25) is 0 Å². The van der Waals surface area contributed by atoms with E-state index in [1.54, 1.807) is 17.9 Å². The van der Waals surface area contributed by atoms with Gasteiger partial charge in [0.05, 0.1) is 24.3 Å². The maximum Gasteiger partial charge on any atom is 0.358 e. The quantitative estimate of drug-likeness (QED) is 0.0636. The highest BCUT2D eigenvalue weighted by atomic mass is 32.1. The van der Waals surface area contributed by atoms with Crippen molar-refractivity contribution in [2.24, 2.45) is 16.7 Å². The predicted molar refractivity (Wildman–Crippen MR) is 229 cm³/mol. The molecule has 0 saturated carbocycles. The van der Waals surface area contributed by atoms with E-state index >= 15 is 0 Å². The number of rotatable bonds is 24. The van der Waals surface area contributed by atoms with Gasteiger partial charge in [0.25, 0.3) is 0 Å². The number of esters is 2. The second-order valence-corrected chi connectivity index (χ2v) is 16.5. The van der Waals surface area contributed by atoms with Crippen LogP contribution >= 0.6 is 22.7 Å². The monoisotopic (exact) mass is 790 g/mol. The average Bonchev–Trinajstić information content (AvgIpc) is 3.85. The highest BCUT2D eigenvalue weighted by molar-refractivity contribution is 7.10. The highest BCUT2D eigenvalue weighted by Crippen LogP contribution is 2.32. The van der Waals surface area contributed by atoms with Crippen LogP contribution in [-0.4, -0.2) is 59.5 Å². The highest BCUT2D eigenvalue weighted by Gasteiger charge is 2.32. The van der Waals surface area contributed by atoms with E-state index in [9.17, 15) is 14.7 Å². The van der Waals surface area contributed by atoms with Crippen LogP contribution in [0.4, 0.5) is 0 Å². The van der Waals surface area contributed by atoms with Crippen molar-refractivity contribution in [3.05, 3.63) is 123 Å². The molecule has 1 N–H and O–H groups in total. The first-order valence-electron chi connectivity index (χ1n) is 18.9. The minimum atomic E-state index is -0.450. The first-order chi connectivity index (χ1) is 26.3. The lowest BCUT2D eigenvalue weighted by molar-refractivity contribution is -0.00630. The Morgan fingerprint density at radius 1 is 0.764 bits per heavy atom. The summed E-state index contributed by atoms with van der Waals surface area (Å²) < 4.78 is 16.4. The van der Waals surface area contributed by atoms with Crippen LogP contribution in [0.5, 0.6) is 0 Å². The van der Waals surface area contributed by atoms with Crippen LogP contribution in [0.1, 0.15) is 112 Å². The van der Waals surface area contributed by atoms with Gasteiger partial charge in [0.15, 0.2) is 11.4 Å². The maximum atomic E-state index is 13.3. The summed E-state index contributed by atoms with van der Waals surface area (Å²) in [6, 6.07) is 0. The molecular weight excluding hydrogens is 729 g/mol. The Kier molecular flexibility index (Phi) is 21.7. The molecule has 0 radical (unpaired) electrons. The Morgan fingerprint density at radius 3 is 2.09 bits per heavy atom. The normalized spacial score (nSPS) is 15.6. The van der Waals surface area contributed by atoms with Gasteiger partial charge in [-0.3, -0.25) is 0 Å². The van der Waals surface area contributed by atoms with E-state index in [0.29, 0.717) is 36.6 Å². The molecule has 0 fully saturated rings. The number of nitrogens with zero attached hydrogens (tertiary/aromatic N) is 2. The van der Waals surface area contributed by atoms with Crippen LogP contribution in [0, 0.1) is 16.7 Å². The number of methoxy groups -OCH3 is 2. The van der Waals surface area contributed by atoms with Crippen molar-refractivity contribution in [2.75, 3.05) is 14.2 Å². The number of aliphatic hydroxyl groups is 1. The number of carbonyl (C=O) groups is 2. The smallest absolute Gasteiger partial charge is 0.358 e. The first-order valence-corrected chi connectivity index (χ1v) is 20.6. The molecule has 55 heavy (non-hydrogen) atoms. The van der Waals surface area contributed by atoms with Gasteiger partial charge in [0, 0.05) is 36.1 Å². The summed E-state index contributed by atoms with van der Waals surface area (Å²) in [6.07, 6.45) is 35.4. The van der Waals surface area contributed by atoms with Crippen LogP contribution in [-0.2, 0) is 20.6 Å². The molecule has 0 aliphatic rings. The topological polar surface area (TPSA) is 108 Å². The van der Waals surface area contributed by atoms with Crippen molar-refractivity contribution in [2.45, 2.75) is 105 Å². The molecule has 0 aliphatic heterocycles. The summed E-state index contributed by atoms with van der Waals surface area (Å²) in [4.78, 5) is 33.8. The molecule has 0 spiro atoms. The van der Waals surface area contributed by atoms with Crippen molar-refractivity contribution >= 4 is 40.7 Å². The molecule has 2 aromatic rings. The molecule has 0 amide bonds. The fraction of sp³-hybridized carbons (Fsp3) is 0.467. The van der Waals surface area contributed by atoms with Crippen LogP contribution in [0.2, 0.25) is 0 Å². The minimum Gasteiger partial charge on any atom is -0.464 e. The molecule has 10 heteroatoms. The van der Waals surface area contributed by atoms with Crippen LogP contribution < -0.4 is 0 Å². The molecule has 4 atom stereocenters. The Labute approximate surface area is 337 Å². The zero-order valence-corrected chi connectivity index (χ0v) is 35.8. The summed E-state index contributed by atoms with van der Waals surface area (Å²) in [7, 11) is 2.97. The van der Waals surface area contributed by atoms with E-state index in [2.05, 4.69) is 75.0 Å². The van der Waals surface area contributed by atoms with Crippen LogP contribution in [0.15, 0.2) is 102 Å². The van der Waals surface area contributed by atoms with E-state index < -0.39 is 11.9 Å². The van der Waals surface area contributed by atoms with Crippen molar-refractivity contribution < 1.29 is 28.9 Å². The Hall–Kier alpha value is -3.96. The lowest BCUT2D eigenvalue weighted by Crippen LogP contribution is -2.33. The summed E-state index contributed by atoms with van der Waals surface area (Å²) in [5.74, 6) is -0.543. The SMILES string of the molecule is C/C=C/CC(C)(C)[C@H](C\C=C/C=C\C=C\[C@@H](Cc1nc(C(=O)OC)cs1)OC)OC(=O)c1csc(/C=C\C=C\[C@H](C)C/C=C\C[C@H](O)C(C)(C)C/C=C/C)n1.